The van der Waals surface area contributed by atoms with E-state index in [2.05, 4.69) is 38.1 Å². The highest BCUT2D eigenvalue weighted by atomic mass is 79.9. The fraction of sp³-hybridized carbons (Fsp3) is 0.375. The summed E-state index contributed by atoms with van der Waals surface area (Å²) in [5, 5.41) is 3.36. The van der Waals surface area contributed by atoms with Gasteiger partial charge in [-0.05, 0) is 54.0 Å². The summed E-state index contributed by atoms with van der Waals surface area (Å²) in [6.45, 7) is 6.32. The lowest BCUT2D eigenvalue weighted by atomic mass is 10.2. The van der Waals surface area contributed by atoms with E-state index in [1.165, 1.54) is 0 Å². The Morgan fingerprint density at radius 1 is 1.29 bits per heavy atom. The van der Waals surface area contributed by atoms with Crippen LogP contribution in [0.1, 0.15) is 30.3 Å². The van der Waals surface area contributed by atoms with E-state index in [4.69, 9.17) is 4.74 Å². The third-order valence-corrected chi connectivity index (χ3v) is 3.38. The normalized spacial score (nSPS) is 10.6. The molecule has 0 unspecified atom stereocenters. The van der Waals surface area contributed by atoms with Crippen molar-refractivity contribution in [3.63, 3.8) is 0 Å². The van der Waals surface area contributed by atoms with Crippen molar-refractivity contribution in [2.75, 3.05) is 6.54 Å². The number of aromatic nitrogens is 2. The molecular weight excluding hydrogens is 330 g/mol. The van der Waals surface area contributed by atoms with Gasteiger partial charge in [-0.3, -0.25) is 9.97 Å². The second kappa shape index (κ2) is 8.10. The first kappa shape index (κ1) is 15.9. The van der Waals surface area contributed by atoms with Gasteiger partial charge in [0.15, 0.2) is 0 Å². The number of ether oxygens (including phenoxy) is 1. The third kappa shape index (κ3) is 5.10. The van der Waals surface area contributed by atoms with E-state index in [1.54, 1.807) is 12.4 Å². The van der Waals surface area contributed by atoms with Gasteiger partial charge in [-0.15, -0.1) is 0 Å². The molecule has 0 atom stereocenters. The Morgan fingerprint density at radius 2 is 2.14 bits per heavy atom. The largest absolute Gasteiger partial charge is 0.487 e. The van der Waals surface area contributed by atoms with Crippen molar-refractivity contribution >= 4 is 15.9 Å². The fourth-order valence-corrected chi connectivity index (χ4v) is 2.35. The van der Waals surface area contributed by atoms with Crippen LogP contribution in [0.15, 0.2) is 35.1 Å². The Hall–Kier alpha value is -1.46. The average Bonchev–Trinajstić information content (AvgIpc) is 2.47. The summed E-state index contributed by atoms with van der Waals surface area (Å²) in [4.78, 5) is 8.70. The lowest BCUT2D eigenvalue weighted by molar-refractivity contribution is 0.299. The number of rotatable bonds is 7. The van der Waals surface area contributed by atoms with Gasteiger partial charge in [0.2, 0.25) is 0 Å². The minimum atomic E-state index is 0.484. The number of pyridine rings is 2. The van der Waals surface area contributed by atoms with E-state index in [9.17, 15) is 0 Å². The second-order valence-electron chi connectivity index (χ2n) is 4.87. The summed E-state index contributed by atoms with van der Waals surface area (Å²) in [7, 11) is 0. The van der Waals surface area contributed by atoms with Gasteiger partial charge in [-0.1, -0.05) is 6.92 Å². The van der Waals surface area contributed by atoms with Crippen LogP contribution in [0.4, 0.5) is 0 Å². The standard InChI is InChI=1S/C16H20BrN3O/c1-3-6-18-10-15-16(5-4-12(2)20-15)21-11-13-7-14(17)9-19-8-13/h4-5,7-9,18H,3,6,10-11H2,1-2H3. The molecular formula is C16H20BrN3O. The molecule has 0 bridgehead atoms. The summed E-state index contributed by atoms with van der Waals surface area (Å²) < 4.78 is 6.85. The van der Waals surface area contributed by atoms with E-state index in [0.29, 0.717) is 6.61 Å². The molecule has 21 heavy (non-hydrogen) atoms. The average molecular weight is 350 g/mol. The topological polar surface area (TPSA) is 47.0 Å². The molecule has 2 rings (SSSR count). The van der Waals surface area contributed by atoms with Gasteiger partial charge in [0.05, 0.1) is 5.69 Å². The minimum Gasteiger partial charge on any atom is -0.487 e. The number of hydrogen-bond acceptors (Lipinski definition) is 4. The van der Waals surface area contributed by atoms with Crippen molar-refractivity contribution < 1.29 is 4.74 Å². The van der Waals surface area contributed by atoms with Crippen LogP contribution in [0.25, 0.3) is 0 Å². The summed E-state index contributed by atoms with van der Waals surface area (Å²) in [6.07, 6.45) is 4.67. The van der Waals surface area contributed by atoms with E-state index in [-0.39, 0.29) is 0 Å². The molecule has 0 fully saturated rings. The van der Waals surface area contributed by atoms with Gasteiger partial charge >= 0.3 is 0 Å². The molecule has 0 aliphatic carbocycles. The van der Waals surface area contributed by atoms with Crippen LogP contribution in [-0.2, 0) is 13.2 Å². The maximum atomic E-state index is 5.90. The second-order valence-corrected chi connectivity index (χ2v) is 5.79. The van der Waals surface area contributed by atoms with Gasteiger partial charge < -0.3 is 10.1 Å². The summed E-state index contributed by atoms with van der Waals surface area (Å²) in [5.41, 5.74) is 2.98. The lowest BCUT2D eigenvalue weighted by Crippen LogP contribution is -2.16. The molecule has 4 nitrogen and oxygen atoms in total. The molecule has 0 aliphatic rings. The fourth-order valence-electron chi connectivity index (χ4n) is 1.94. The van der Waals surface area contributed by atoms with E-state index < -0.39 is 0 Å². The van der Waals surface area contributed by atoms with Crippen LogP contribution in [0.2, 0.25) is 0 Å². The SMILES string of the molecule is CCCNCc1nc(C)ccc1OCc1cncc(Br)c1. The molecule has 2 aromatic rings. The minimum absolute atomic E-state index is 0.484. The van der Waals surface area contributed by atoms with E-state index in [0.717, 1.165) is 46.7 Å². The number of nitrogens with one attached hydrogen (secondary N) is 1. The Balaban J connectivity index is 2.04. The van der Waals surface area contributed by atoms with Crippen molar-refractivity contribution in [2.45, 2.75) is 33.4 Å². The number of aryl methyl sites for hydroxylation is 1. The molecule has 5 heteroatoms. The highest BCUT2D eigenvalue weighted by molar-refractivity contribution is 9.10. The molecule has 0 radical (unpaired) electrons. The molecule has 0 aliphatic heterocycles. The molecule has 0 spiro atoms. The predicted octanol–water partition coefficient (Wildman–Crippen LogP) is 3.63. The number of halogens is 1. The molecule has 0 saturated carbocycles. The van der Waals surface area contributed by atoms with Gasteiger partial charge in [-0.25, -0.2) is 0 Å². The first-order valence-electron chi connectivity index (χ1n) is 7.08. The van der Waals surface area contributed by atoms with Crippen molar-refractivity contribution in [1.29, 1.82) is 0 Å². The Bertz CT molecular complexity index is 589. The van der Waals surface area contributed by atoms with Crippen LogP contribution in [-0.4, -0.2) is 16.5 Å². The zero-order valence-corrected chi connectivity index (χ0v) is 14.0. The summed E-state index contributed by atoms with van der Waals surface area (Å²) >= 11 is 3.41. The number of hydrogen-bond donors (Lipinski definition) is 1. The first-order valence-corrected chi connectivity index (χ1v) is 7.88. The Morgan fingerprint density at radius 3 is 2.90 bits per heavy atom. The van der Waals surface area contributed by atoms with Crippen LogP contribution in [0.5, 0.6) is 5.75 Å². The van der Waals surface area contributed by atoms with Crippen LogP contribution in [0, 0.1) is 6.92 Å². The Labute approximate surface area is 134 Å². The monoisotopic (exact) mass is 349 g/mol. The van der Waals surface area contributed by atoms with Crippen molar-refractivity contribution in [2.24, 2.45) is 0 Å². The molecule has 0 aromatic carbocycles. The molecule has 0 amide bonds. The molecule has 2 heterocycles. The summed E-state index contributed by atoms with van der Waals surface area (Å²) in [5.74, 6) is 0.823. The van der Waals surface area contributed by atoms with E-state index >= 15 is 0 Å². The van der Waals surface area contributed by atoms with Gasteiger partial charge in [0.25, 0.3) is 0 Å². The van der Waals surface area contributed by atoms with E-state index in [1.807, 2.05) is 25.1 Å². The van der Waals surface area contributed by atoms with Crippen molar-refractivity contribution in [3.8, 4) is 5.75 Å². The first-order chi connectivity index (χ1) is 10.2. The van der Waals surface area contributed by atoms with Gasteiger partial charge in [0.1, 0.15) is 12.4 Å². The quantitative estimate of drug-likeness (QED) is 0.775. The zero-order valence-electron chi connectivity index (χ0n) is 12.4. The maximum absolute atomic E-state index is 5.90. The molecule has 2 aromatic heterocycles. The highest BCUT2D eigenvalue weighted by Crippen LogP contribution is 2.19. The smallest absolute Gasteiger partial charge is 0.142 e. The number of nitrogens with zero attached hydrogens (tertiary/aromatic N) is 2. The Kier molecular flexibility index (Phi) is 6.14. The lowest BCUT2D eigenvalue weighted by Gasteiger charge is -2.12. The van der Waals surface area contributed by atoms with Gasteiger partial charge in [-0.2, -0.15) is 0 Å². The maximum Gasteiger partial charge on any atom is 0.142 e. The molecule has 1 N–H and O–H groups in total. The predicted molar refractivity (Wildman–Crippen MR) is 87.2 cm³/mol. The third-order valence-electron chi connectivity index (χ3n) is 2.95. The van der Waals surface area contributed by atoms with Crippen LogP contribution >= 0.6 is 15.9 Å². The van der Waals surface area contributed by atoms with Gasteiger partial charge in [0, 0.05) is 34.7 Å². The highest BCUT2D eigenvalue weighted by Gasteiger charge is 2.06. The molecule has 112 valence electrons. The summed E-state index contributed by atoms with van der Waals surface area (Å²) in [6, 6.07) is 5.96. The van der Waals surface area contributed by atoms with Crippen molar-refractivity contribution in [1.82, 2.24) is 15.3 Å². The van der Waals surface area contributed by atoms with Crippen LogP contribution in [0.3, 0.4) is 0 Å². The molecule has 0 saturated heterocycles. The van der Waals surface area contributed by atoms with Crippen molar-refractivity contribution in [3.05, 3.63) is 52.0 Å². The van der Waals surface area contributed by atoms with Crippen LogP contribution < -0.4 is 10.1 Å². The zero-order chi connectivity index (χ0) is 15.1.